The minimum absolute atomic E-state index is 0.0366. The quantitative estimate of drug-likeness (QED) is 0.528. The van der Waals surface area contributed by atoms with Crippen molar-refractivity contribution in [1.29, 1.82) is 0 Å². The van der Waals surface area contributed by atoms with Gasteiger partial charge in [0.1, 0.15) is 0 Å². The zero-order valence-electron chi connectivity index (χ0n) is 16.2. The molecule has 11 heteroatoms. The van der Waals surface area contributed by atoms with E-state index in [1.165, 1.54) is 23.1 Å². The molecule has 2 fully saturated rings. The first-order valence-electron chi connectivity index (χ1n) is 9.58. The number of nitrogens with one attached hydrogen (secondary N) is 1. The zero-order chi connectivity index (χ0) is 20.9. The highest BCUT2D eigenvalue weighted by molar-refractivity contribution is 8.01. The average Bonchev–Trinajstić information content (AvgIpc) is 3.39. The SMILES string of the molecule is O=C(Nc1nnc(SCC(=O)N2CCOCC2)s1)[C@@H]1CC(=O)N(c2ccccc2)C1. The summed E-state index contributed by atoms with van der Waals surface area (Å²) in [6.07, 6.45) is 0.162. The van der Waals surface area contributed by atoms with Crippen LogP contribution in [0.4, 0.5) is 10.8 Å². The lowest BCUT2D eigenvalue weighted by atomic mass is 10.1. The Labute approximate surface area is 181 Å². The fourth-order valence-corrected chi connectivity index (χ4v) is 4.95. The number of hydrogen-bond acceptors (Lipinski definition) is 8. The molecule has 2 aromatic rings. The molecule has 2 aliphatic heterocycles. The number of morpholine rings is 1. The lowest BCUT2D eigenvalue weighted by molar-refractivity contribution is -0.132. The maximum absolute atomic E-state index is 12.6. The molecule has 0 unspecified atom stereocenters. The molecule has 0 aliphatic carbocycles. The van der Waals surface area contributed by atoms with Gasteiger partial charge in [-0.25, -0.2) is 0 Å². The summed E-state index contributed by atoms with van der Waals surface area (Å²) in [7, 11) is 0. The molecule has 1 aromatic carbocycles. The third kappa shape index (κ3) is 4.97. The molecule has 9 nitrogen and oxygen atoms in total. The van der Waals surface area contributed by atoms with Crippen molar-refractivity contribution >= 4 is 51.6 Å². The molecule has 158 valence electrons. The number of para-hydroxylation sites is 1. The Balaban J connectivity index is 1.28. The monoisotopic (exact) mass is 447 g/mol. The van der Waals surface area contributed by atoms with Crippen molar-refractivity contribution in [3.8, 4) is 0 Å². The summed E-state index contributed by atoms with van der Waals surface area (Å²) in [6, 6.07) is 9.31. The number of rotatable bonds is 6. The summed E-state index contributed by atoms with van der Waals surface area (Å²) in [5.41, 5.74) is 0.789. The topological polar surface area (TPSA) is 105 Å². The Bertz CT molecular complexity index is 917. The normalized spacial score (nSPS) is 19.2. The Hall–Kier alpha value is -2.50. The van der Waals surface area contributed by atoms with E-state index in [1.807, 2.05) is 30.3 Å². The molecule has 0 bridgehead atoms. The fourth-order valence-electron chi connectivity index (χ4n) is 3.29. The van der Waals surface area contributed by atoms with E-state index in [0.717, 1.165) is 5.69 Å². The van der Waals surface area contributed by atoms with E-state index in [0.29, 0.717) is 42.3 Å². The Morgan fingerprint density at radius 1 is 1.20 bits per heavy atom. The van der Waals surface area contributed by atoms with Crippen LogP contribution in [0.25, 0.3) is 0 Å². The minimum Gasteiger partial charge on any atom is -0.378 e. The fraction of sp³-hybridized carbons (Fsp3) is 0.421. The molecule has 1 N–H and O–H groups in total. The second kappa shape index (κ2) is 9.54. The lowest BCUT2D eigenvalue weighted by Crippen LogP contribution is -2.41. The summed E-state index contributed by atoms with van der Waals surface area (Å²) in [4.78, 5) is 40.5. The molecule has 1 atom stereocenters. The summed E-state index contributed by atoms with van der Waals surface area (Å²) >= 11 is 2.52. The van der Waals surface area contributed by atoms with Gasteiger partial charge in [-0.05, 0) is 12.1 Å². The van der Waals surface area contributed by atoms with Crippen molar-refractivity contribution in [2.24, 2.45) is 5.92 Å². The van der Waals surface area contributed by atoms with Gasteiger partial charge in [0.25, 0.3) is 0 Å². The Morgan fingerprint density at radius 2 is 1.97 bits per heavy atom. The van der Waals surface area contributed by atoms with Gasteiger partial charge in [-0.15, -0.1) is 10.2 Å². The number of benzene rings is 1. The molecule has 3 heterocycles. The van der Waals surface area contributed by atoms with Crippen LogP contribution in [0.1, 0.15) is 6.42 Å². The van der Waals surface area contributed by atoms with E-state index < -0.39 is 5.92 Å². The molecule has 3 amide bonds. The van der Waals surface area contributed by atoms with Crippen LogP contribution < -0.4 is 10.2 Å². The van der Waals surface area contributed by atoms with Gasteiger partial charge in [-0.1, -0.05) is 41.3 Å². The van der Waals surface area contributed by atoms with E-state index in [2.05, 4.69) is 15.5 Å². The van der Waals surface area contributed by atoms with Gasteiger partial charge in [0.05, 0.1) is 24.9 Å². The van der Waals surface area contributed by atoms with Gasteiger partial charge in [0.15, 0.2) is 4.34 Å². The van der Waals surface area contributed by atoms with Crippen molar-refractivity contribution in [2.75, 3.05) is 48.8 Å². The van der Waals surface area contributed by atoms with Crippen LogP contribution in [-0.4, -0.2) is 71.4 Å². The van der Waals surface area contributed by atoms with Gasteiger partial charge in [-0.3, -0.25) is 14.4 Å². The molecular weight excluding hydrogens is 426 g/mol. The number of carbonyl (C=O) groups is 3. The summed E-state index contributed by atoms with van der Waals surface area (Å²) in [6.45, 7) is 2.69. The molecule has 1 aromatic heterocycles. The number of carbonyl (C=O) groups excluding carboxylic acids is 3. The summed E-state index contributed by atoms with van der Waals surface area (Å²) in [5, 5.41) is 11.1. The first kappa shape index (κ1) is 20.8. The number of hydrogen-bond donors (Lipinski definition) is 1. The third-order valence-corrected chi connectivity index (χ3v) is 6.84. The molecule has 0 radical (unpaired) electrons. The summed E-state index contributed by atoms with van der Waals surface area (Å²) in [5.74, 6) is -0.461. The predicted molar refractivity (Wildman–Crippen MR) is 114 cm³/mol. The minimum atomic E-state index is -0.444. The van der Waals surface area contributed by atoms with E-state index >= 15 is 0 Å². The molecule has 0 saturated carbocycles. The van der Waals surface area contributed by atoms with Crippen LogP contribution in [0.3, 0.4) is 0 Å². The molecule has 4 rings (SSSR count). The number of amides is 3. The van der Waals surface area contributed by atoms with E-state index in [-0.39, 0.29) is 29.9 Å². The van der Waals surface area contributed by atoms with Crippen LogP contribution in [0.15, 0.2) is 34.7 Å². The van der Waals surface area contributed by atoms with Crippen molar-refractivity contribution < 1.29 is 19.1 Å². The molecule has 0 spiro atoms. The number of aromatic nitrogens is 2. The Kier molecular flexibility index (Phi) is 6.60. The van der Waals surface area contributed by atoms with Crippen molar-refractivity contribution in [2.45, 2.75) is 10.8 Å². The second-order valence-electron chi connectivity index (χ2n) is 6.89. The van der Waals surface area contributed by atoms with Crippen LogP contribution in [0.5, 0.6) is 0 Å². The van der Waals surface area contributed by atoms with E-state index in [1.54, 1.807) is 9.80 Å². The lowest BCUT2D eigenvalue weighted by Gasteiger charge is -2.26. The maximum Gasteiger partial charge on any atom is 0.233 e. The standard InChI is InChI=1S/C19H21N5O4S2/c25-15-10-13(11-24(15)14-4-2-1-3-5-14)17(27)20-18-21-22-19(30-18)29-12-16(26)23-6-8-28-9-7-23/h1-5,13H,6-12H2,(H,20,21,27)/t13-/m1/s1. The molecule has 2 saturated heterocycles. The maximum atomic E-state index is 12.6. The van der Waals surface area contributed by atoms with Gasteiger partial charge < -0.3 is 19.9 Å². The second-order valence-corrected chi connectivity index (χ2v) is 9.09. The molecule has 2 aliphatic rings. The number of thioether (sulfide) groups is 1. The third-order valence-electron chi connectivity index (χ3n) is 4.88. The van der Waals surface area contributed by atoms with Crippen LogP contribution in [0, 0.1) is 5.92 Å². The van der Waals surface area contributed by atoms with Crippen LogP contribution in [0.2, 0.25) is 0 Å². The first-order valence-corrected chi connectivity index (χ1v) is 11.4. The number of nitrogens with zero attached hydrogens (tertiary/aromatic N) is 4. The van der Waals surface area contributed by atoms with E-state index in [4.69, 9.17) is 4.74 Å². The predicted octanol–water partition coefficient (Wildman–Crippen LogP) is 1.48. The van der Waals surface area contributed by atoms with Crippen LogP contribution >= 0.6 is 23.1 Å². The van der Waals surface area contributed by atoms with E-state index in [9.17, 15) is 14.4 Å². The van der Waals surface area contributed by atoms with Gasteiger partial charge in [-0.2, -0.15) is 0 Å². The van der Waals surface area contributed by atoms with Gasteiger partial charge in [0, 0.05) is 31.7 Å². The van der Waals surface area contributed by atoms with Crippen LogP contribution in [-0.2, 0) is 19.1 Å². The zero-order valence-corrected chi connectivity index (χ0v) is 17.8. The van der Waals surface area contributed by atoms with Gasteiger partial charge >= 0.3 is 0 Å². The number of anilines is 2. The number of ether oxygens (including phenoxy) is 1. The highest BCUT2D eigenvalue weighted by Crippen LogP contribution is 2.28. The van der Waals surface area contributed by atoms with Gasteiger partial charge in [0.2, 0.25) is 22.9 Å². The largest absolute Gasteiger partial charge is 0.378 e. The average molecular weight is 448 g/mol. The van der Waals surface area contributed by atoms with Crippen molar-refractivity contribution in [1.82, 2.24) is 15.1 Å². The van der Waals surface area contributed by atoms with Crippen molar-refractivity contribution in [3.63, 3.8) is 0 Å². The molecular formula is C19H21N5O4S2. The first-order chi connectivity index (χ1) is 14.6. The van der Waals surface area contributed by atoms with Crippen molar-refractivity contribution in [3.05, 3.63) is 30.3 Å². The highest BCUT2D eigenvalue weighted by Gasteiger charge is 2.35. The molecule has 30 heavy (non-hydrogen) atoms. The highest BCUT2D eigenvalue weighted by atomic mass is 32.2. The Morgan fingerprint density at radius 3 is 2.73 bits per heavy atom. The summed E-state index contributed by atoms with van der Waals surface area (Å²) < 4.78 is 5.86. The smallest absolute Gasteiger partial charge is 0.233 e.